The van der Waals surface area contributed by atoms with E-state index in [1.165, 1.54) is 19.3 Å². The van der Waals surface area contributed by atoms with Gasteiger partial charge in [0.15, 0.2) is 5.69 Å². The van der Waals surface area contributed by atoms with Crippen LogP contribution >= 0.6 is 0 Å². The molecule has 1 heterocycles. The lowest BCUT2D eigenvalue weighted by atomic mass is 10.1. The number of pyridine rings is 1. The van der Waals surface area contributed by atoms with Gasteiger partial charge in [0.25, 0.3) is 0 Å². The molecular formula is C17H23F3N4O2. The fraction of sp³-hybridized carbons (Fsp3) is 0.647. The Morgan fingerprint density at radius 2 is 1.81 bits per heavy atom. The van der Waals surface area contributed by atoms with Crippen molar-refractivity contribution in [1.82, 2.24) is 4.98 Å². The van der Waals surface area contributed by atoms with E-state index in [0.717, 1.165) is 37.9 Å². The number of hydrogen-bond donors (Lipinski definition) is 0. The molecule has 0 aliphatic carbocycles. The van der Waals surface area contributed by atoms with E-state index in [4.69, 9.17) is 10.3 Å². The van der Waals surface area contributed by atoms with Crippen molar-refractivity contribution in [2.24, 2.45) is 5.11 Å². The van der Waals surface area contributed by atoms with Gasteiger partial charge in [0, 0.05) is 11.1 Å². The standard InChI is InChI=1S/C17H23F3N4O2/c1-2-3-4-5-6-7-8-9-12-26-16(25)14-13(23-24-21)10-11-22-15(14)17(18,19)20/h10-11H,2-9,12H2,1H3. The van der Waals surface area contributed by atoms with Crippen LogP contribution in [0.4, 0.5) is 18.9 Å². The van der Waals surface area contributed by atoms with E-state index in [2.05, 4.69) is 21.9 Å². The molecule has 9 heteroatoms. The third-order valence-electron chi connectivity index (χ3n) is 3.79. The number of azide groups is 1. The lowest BCUT2D eigenvalue weighted by molar-refractivity contribution is -0.141. The quantitative estimate of drug-likeness (QED) is 0.149. The van der Waals surface area contributed by atoms with Crippen LogP contribution in [0.15, 0.2) is 17.4 Å². The van der Waals surface area contributed by atoms with Crippen molar-refractivity contribution in [3.63, 3.8) is 0 Å². The third kappa shape index (κ3) is 7.31. The highest BCUT2D eigenvalue weighted by molar-refractivity contribution is 5.96. The zero-order chi connectivity index (χ0) is 19.4. The minimum Gasteiger partial charge on any atom is -0.462 e. The van der Waals surface area contributed by atoms with Gasteiger partial charge in [0.1, 0.15) is 0 Å². The first kappa shape index (κ1) is 21.8. The second-order valence-corrected chi connectivity index (χ2v) is 5.85. The van der Waals surface area contributed by atoms with E-state index >= 15 is 0 Å². The van der Waals surface area contributed by atoms with E-state index in [1.54, 1.807) is 0 Å². The molecule has 0 amide bonds. The number of carbonyl (C=O) groups is 1. The SMILES string of the molecule is CCCCCCCCCCOC(=O)c1c(N=[N+]=[N-])ccnc1C(F)(F)F. The fourth-order valence-electron chi connectivity index (χ4n) is 2.47. The summed E-state index contributed by atoms with van der Waals surface area (Å²) in [6, 6.07) is 1.04. The number of carbonyl (C=O) groups excluding carboxylic acids is 1. The molecule has 0 unspecified atom stereocenters. The van der Waals surface area contributed by atoms with Gasteiger partial charge in [0.05, 0.1) is 17.9 Å². The maximum Gasteiger partial charge on any atom is 0.434 e. The van der Waals surface area contributed by atoms with Crippen molar-refractivity contribution >= 4 is 11.7 Å². The molecule has 6 nitrogen and oxygen atoms in total. The number of ether oxygens (including phenoxy) is 1. The van der Waals surface area contributed by atoms with Crippen LogP contribution in [0.25, 0.3) is 10.4 Å². The molecule has 0 spiro atoms. The molecule has 1 aromatic rings. The fourth-order valence-corrected chi connectivity index (χ4v) is 2.47. The molecule has 26 heavy (non-hydrogen) atoms. The first-order valence-electron chi connectivity index (χ1n) is 8.70. The summed E-state index contributed by atoms with van der Waals surface area (Å²) in [5, 5.41) is 3.13. The Morgan fingerprint density at radius 3 is 2.38 bits per heavy atom. The van der Waals surface area contributed by atoms with Crippen molar-refractivity contribution in [3.8, 4) is 0 Å². The van der Waals surface area contributed by atoms with Crippen molar-refractivity contribution in [1.29, 1.82) is 0 Å². The van der Waals surface area contributed by atoms with Crippen molar-refractivity contribution in [3.05, 3.63) is 34.0 Å². The molecular weight excluding hydrogens is 349 g/mol. The Labute approximate surface area is 150 Å². The number of alkyl halides is 3. The summed E-state index contributed by atoms with van der Waals surface area (Å²) in [7, 11) is 0. The van der Waals surface area contributed by atoms with Gasteiger partial charge < -0.3 is 4.74 Å². The molecule has 0 aromatic carbocycles. The molecule has 0 radical (unpaired) electrons. The van der Waals surface area contributed by atoms with Gasteiger partial charge in [-0.2, -0.15) is 13.2 Å². The second kappa shape index (κ2) is 11.4. The molecule has 0 bridgehead atoms. The lowest BCUT2D eigenvalue weighted by Crippen LogP contribution is -2.17. The van der Waals surface area contributed by atoms with Gasteiger partial charge >= 0.3 is 12.1 Å². The summed E-state index contributed by atoms with van der Waals surface area (Å²) in [6.07, 6.45) is 4.24. The monoisotopic (exact) mass is 372 g/mol. The molecule has 0 atom stereocenters. The van der Waals surface area contributed by atoms with E-state index in [9.17, 15) is 18.0 Å². The van der Waals surface area contributed by atoms with Crippen LogP contribution in [0.1, 0.15) is 74.3 Å². The minimum atomic E-state index is -4.85. The van der Waals surface area contributed by atoms with Crippen LogP contribution < -0.4 is 0 Å². The maximum absolute atomic E-state index is 13.0. The number of rotatable bonds is 11. The third-order valence-corrected chi connectivity index (χ3v) is 3.79. The summed E-state index contributed by atoms with van der Waals surface area (Å²) in [5.74, 6) is -1.18. The van der Waals surface area contributed by atoms with Crippen molar-refractivity contribution < 1.29 is 22.7 Å². The highest BCUT2D eigenvalue weighted by Crippen LogP contribution is 2.34. The van der Waals surface area contributed by atoms with Gasteiger partial charge in [-0.25, -0.2) is 4.79 Å². The number of aromatic nitrogens is 1. The molecule has 144 valence electrons. The zero-order valence-corrected chi connectivity index (χ0v) is 14.8. The average Bonchev–Trinajstić information content (AvgIpc) is 2.59. The van der Waals surface area contributed by atoms with Crippen LogP contribution in [-0.2, 0) is 10.9 Å². The summed E-state index contributed by atoms with van der Waals surface area (Å²) in [4.78, 5) is 17.7. The molecule has 0 saturated carbocycles. The molecule has 0 aliphatic rings. The van der Waals surface area contributed by atoms with Gasteiger partial charge in [-0.05, 0) is 18.0 Å². The number of unbranched alkanes of at least 4 members (excludes halogenated alkanes) is 7. The van der Waals surface area contributed by atoms with E-state index < -0.39 is 29.1 Å². The largest absolute Gasteiger partial charge is 0.462 e. The van der Waals surface area contributed by atoms with Crippen LogP contribution in [-0.4, -0.2) is 17.6 Å². The number of halogens is 3. The van der Waals surface area contributed by atoms with Crippen molar-refractivity contribution in [2.75, 3.05) is 6.61 Å². The van der Waals surface area contributed by atoms with Crippen LogP contribution in [0, 0.1) is 0 Å². The van der Waals surface area contributed by atoms with E-state index in [0.29, 0.717) is 6.42 Å². The smallest absolute Gasteiger partial charge is 0.434 e. The first-order chi connectivity index (χ1) is 12.4. The second-order valence-electron chi connectivity index (χ2n) is 5.85. The predicted octanol–water partition coefficient (Wildman–Crippen LogP) is 6.34. The van der Waals surface area contributed by atoms with E-state index in [1.807, 2.05) is 0 Å². The van der Waals surface area contributed by atoms with Gasteiger partial charge in [0.2, 0.25) is 0 Å². The summed E-state index contributed by atoms with van der Waals surface area (Å²) in [5.41, 5.74) is 5.76. The predicted molar refractivity (Wildman–Crippen MR) is 90.9 cm³/mol. The first-order valence-corrected chi connectivity index (χ1v) is 8.70. The summed E-state index contributed by atoms with van der Waals surface area (Å²) in [6.45, 7) is 2.16. The molecule has 1 rings (SSSR count). The van der Waals surface area contributed by atoms with Gasteiger partial charge in [-0.3, -0.25) is 4.98 Å². The lowest BCUT2D eigenvalue weighted by Gasteiger charge is -2.13. The number of esters is 1. The molecule has 0 N–H and O–H groups in total. The molecule has 0 fully saturated rings. The Hall–Kier alpha value is -2.28. The normalized spacial score (nSPS) is 11.1. The van der Waals surface area contributed by atoms with Crippen molar-refractivity contribution in [2.45, 2.75) is 64.5 Å². The highest BCUT2D eigenvalue weighted by Gasteiger charge is 2.38. The molecule has 0 aliphatic heterocycles. The van der Waals surface area contributed by atoms with E-state index in [-0.39, 0.29) is 6.61 Å². The Balaban J connectivity index is 2.58. The Bertz CT molecular complexity index is 629. The number of nitrogens with zero attached hydrogens (tertiary/aromatic N) is 4. The summed E-state index contributed by atoms with van der Waals surface area (Å²) >= 11 is 0. The van der Waals surface area contributed by atoms with Crippen LogP contribution in [0.2, 0.25) is 0 Å². The zero-order valence-electron chi connectivity index (χ0n) is 14.8. The molecule has 1 aromatic heterocycles. The summed E-state index contributed by atoms with van der Waals surface area (Å²) < 4.78 is 44.1. The highest BCUT2D eigenvalue weighted by atomic mass is 19.4. The average molecular weight is 372 g/mol. The Kier molecular flexibility index (Phi) is 9.51. The maximum atomic E-state index is 13.0. The van der Waals surface area contributed by atoms with Crippen LogP contribution in [0.5, 0.6) is 0 Å². The Morgan fingerprint density at radius 1 is 1.19 bits per heavy atom. The molecule has 0 saturated heterocycles. The minimum absolute atomic E-state index is 0.00962. The van der Waals surface area contributed by atoms with Crippen LogP contribution in [0.3, 0.4) is 0 Å². The van der Waals surface area contributed by atoms with Gasteiger partial charge in [-0.15, -0.1) is 0 Å². The van der Waals surface area contributed by atoms with Gasteiger partial charge in [-0.1, -0.05) is 57.0 Å². The number of hydrogen-bond acceptors (Lipinski definition) is 4. The topological polar surface area (TPSA) is 88.0 Å².